The monoisotopic (exact) mass is 392 g/mol. The van der Waals surface area contributed by atoms with Gasteiger partial charge < -0.3 is 0 Å². The molecule has 1 heterocycles. The first-order valence-electron chi connectivity index (χ1n) is 8.95. The minimum absolute atomic E-state index is 0.0383. The van der Waals surface area contributed by atoms with Gasteiger partial charge >= 0.3 is 0 Å². The van der Waals surface area contributed by atoms with E-state index in [0.29, 0.717) is 23.7 Å². The SMILES string of the molecule is CC1CN(S(=O)(=O)Cc2ccccc2Cl)CCN1CCc1ccccc1. The van der Waals surface area contributed by atoms with Crippen molar-refractivity contribution in [2.75, 3.05) is 26.2 Å². The lowest BCUT2D eigenvalue weighted by Gasteiger charge is -2.39. The largest absolute Gasteiger partial charge is 0.298 e. The fourth-order valence-electron chi connectivity index (χ4n) is 3.37. The Hall–Kier alpha value is -1.40. The third kappa shape index (κ3) is 4.86. The lowest BCUT2D eigenvalue weighted by Crippen LogP contribution is -2.54. The first-order chi connectivity index (χ1) is 12.5. The molecular weight excluding hydrogens is 368 g/mol. The molecule has 26 heavy (non-hydrogen) atoms. The highest BCUT2D eigenvalue weighted by molar-refractivity contribution is 7.88. The molecule has 1 saturated heterocycles. The number of rotatable bonds is 6. The third-order valence-corrected chi connectivity index (χ3v) is 7.11. The van der Waals surface area contributed by atoms with E-state index in [9.17, 15) is 8.42 Å². The number of benzene rings is 2. The van der Waals surface area contributed by atoms with Crippen molar-refractivity contribution in [3.05, 3.63) is 70.7 Å². The molecule has 1 aliphatic heterocycles. The Labute approximate surface area is 161 Å². The van der Waals surface area contributed by atoms with E-state index in [4.69, 9.17) is 11.6 Å². The molecule has 0 bridgehead atoms. The van der Waals surface area contributed by atoms with Gasteiger partial charge in [-0.15, -0.1) is 0 Å². The molecule has 4 nitrogen and oxygen atoms in total. The zero-order chi connectivity index (χ0) is 18.6. The summed E-state index contributed by atoms with van der Waals surface area (Å²) >= 11 is 6.13. The zero-order valence-electron chi connectivity index (χ0n) is 15.0. The van der Waals surface area contributed by atoms with Gasteiger partial charge in [0.2, 0.25) is 10.0 Å². The van der Waals surface area contributed by atoms with E-state index in [1.807, 2.05) is 18.2 Å². The van der Waals surface area contributed by atoms with Crippen LogP contribution in [-0.4, -0.2) is 49.8 Å². The van der Waals surface area contributed by atoms with Crippen LogP contribution in [0.15, 0.2) is 54.6 Å². The molecule has 2 aromatic rings. The van der Waals surface area contributed by atoms with Gasteiger partial charge in [0, 0.05) is 37.2 Å². The van der Waals surface area contributed by atoms with Crippen LogP contribution in [0.5, 0.6) is 0 Å². The highest BCUT2D eigenvalue weighted by atomic mass is 35.5. The van der Waals surface area contributed by atoms with Gasteiger partial charge in [-0.05, 0) is 30.5 Å². The average molecular weight is 393 g/mol. The lowest BCUT2D eigenvalue weighted by molar-refractivity contribution is 0.130. The Morgan fingerprint density at radius 1 is 1.04 bits per heavy atom. The van der Waals surface area contributed by atoms with E-state index >= 15 is 0 Å². The van der Waals surface area contributed by atoms with Gasteiger partial charge in [0.1, 0.15) is 0 Å². The maximum absolute atomic E-state index is 12.8. The smallest absolute Gasteiger partial charge is 0.218 e. The predicted octanol–water partition coefficient (Wildman–Crippen LogP) is 3.42. The quantitative estimate of drug-likeness (QED) is 0.756. The highest BCUT2D eigenvalue weighted by Crippen LogP contribution is 2.21. The van der Waals surface area contributed by atoms with Crippen molar-refractivity contribution < 1.29 is 8.42 Å². The molecular formula is C20H25ClN2O2S. The van der Waals surface area contributed by atoms with E-state index in [1.54, 1.807) is 16.4 Å². The number of sulfonamides is 1. The first-order valence-corrected chi connectivity index (χ1v) is 10.9. The van der Waals surface area contributed by atoms with Gasteiger partial charge in [-0.2, -0.15) is 4.31 Å². The van der Waals surface area contributed by atoms with Gasteiger partial charge in [-0.25, -0.2) is 8.42 Å². The Bertz CT molecular complexity index is 827. The summed E-state index contributed by atoms with van der Waals surface area (Å²) in [6, 6.07) is 17.7. The molecule has 2 aromatic carbocycles. The van der Waals surface area contributed by atoms with Gasteiger partial charge in [0.25, 0.3) is 0 Å². The van der Waals surface area contributed by atoms with Gasteiger partial charge in [-0.3, -0.25) is 4.90 Å². The van der Waals surface area contributed by atoms with E-state index in [2.05, 4.69) is 36.1 Å². The van der Waals surface area contributed by atoms with Crippen LogP contribution < -0.4 is 0 Å². The number of hydrogen-bond donors (Lipinski definition) is 0. The molecule has 140 valence electrons. The molecule has 1 atom stereocenters. The second-order valence-corrected chi connectivity index (χ2v) is 9.20. The average Bonchev–Trinajstić information content (AvgIpc) is 2.63. The summed E-state index contributed by atoms with van der Waals surface area (Å²) in [4.78, 5) is 2.37. The fraction of sp³-hybridized carbons (Fsp3) is 0.400. The molecule has 1 fully saturated rings. The van der Waals surface area contributed by atoms with Crippen molar-refractivity contribution in [3.8, 4) is 0 Å². The number of halogens is 1. The summed E-state index contributed by atoms with van der Waals surface area (Å²) in [5.74, 6) is -0.0383. The standard InChI is InChI=1S/C20H25ClN2O2S/c1-17-15-23(26(24,25)16-19-9-5-6-10-20(19)21)14-13-22(17)12-11-18-7-3-2-4-8-18/h2-10,17H,11-16H2,1H3. The van der Waals surface area contributed by atoms with Crippen LogP contribution in [0, 0.1) is 0 Å². The Morgan fingerprint density at radius 2 is 1.73 bits per heavy atom. The number of piperazine rings is 1. The maximum Gasteiger partial charge on any atom is 0.218 e. The molecule has 0 saturated carbocycles. The minimum Gasteiger partial charge on any atom is -0.298 e. The van der Waals surface area contributed by atoms with Crippen molar-refractivity contribution in [1.29, 1.82) is 0 Å². The Morgan fingerprint density at radius 3 is 2.42 bits per heavy atom. The van der Waals surface area contributed by atoms with Crippen LogP contribution in [0.4, 0.5) is 0 Å². The maximum atomic E-state index is 12.8. The topological polar surface area (TPSA) is 40.6 Å². The van der Waals surface area contributed by atoms with Crippen LogP contribution in [0.25, 0.3) is 0 Å². The minimum atomic E-state index is -3.36. The second-order valence-electron chi connectivity index (χ2n) is 6.83. The summed E-state index contributed by atoms with van der Waals surface area (Å²) in [6.07, 6.45) is 0.984. The molecule has 6 heteroatoms. The van der Waals surface area contributed by atoms with Crippen LogP contribution in [0.2, 0.25) is 5.02 Å². The lowest BCUT2D eigenvalue weighted by atomic mass is 10.1. The third-order valence-electron chi connectivity index (χ3n) is 4.95. The van der Waals surface area contributed by atoms with Gasteiger partial charge in [0.05, 0.1) is 5.75 Å². The normalized spacial score (nSPS) is 19.5. The molecule has 0 spiro atoms. The predicted molar refractivity (Wildman–Crippen MR) is 107 cm³/mol. The van der Waals surface area contributed by atoms with Crippen LogP contribution in [-0.2, 0) is 22.2 Å². The molecule has 1 aliphatic rings. The zero-order valence-corrected chi connectivity index (χ0v) is 16.6. The summed E-state index contributed by atoms with van der Waals surface area (Å²) < 4.78 is 27.2. The highest BCUT2D eigenvalue weighted by Gasteiger charge is 2.31. The van der Waals surface area contributed by atoms with E-state index < -0.39 is 10.0 Å². The first kappa shape index (κ1) is 19.4. The second kappa shape index (κ2) is 8.53. The van der Waals surface area contributed by atoms with E-state index in [-0.39, 0.29) is 11.8 Å². The van der Waals surface area contributed by atoms with Crippen molar-refractivity contribution in [2.45, 2.75) is 25.1 Å². The summed E-state index contributed by atoms with van der Waals surface area (Å²) in [6.45, 7) is 4.87. The summed E-state index contributed by atoms with van der Waals surface area (Å²) in [5, 5.41) is 0.505. The van der Waals surface area contributed by atoms with Crippen molar-refractivity contribution in [1.82, 2.24) is 9.21 Å². The molecule has 0 radical (unpaired) electrons. The van der Waals surface area contributed by atoms with E-state index in [1.165, 1.54) is 5.56 Å². The summed E-state index contributed by atoms with van der Waals surface area (Å²) in [7, 11) is -3.36. The number of hydrogen-bond acceptors (Lipinski definition) is 3. The molecule has 0 N–H and O–H groups in total. The van der Waals surface area contributed by atoms with Gasteiger partial charge in [0.15, 0.2) is 0 Å². The molecule has 0 aliphatic carbocycles. The van der Waals surface area contributed by atoms with Crippen molar-refractivity contribution in [2.24, 2.45) is 0 Å². The van der Waals surface area contributed by atoms with Crippen LogP contribution >= 0.6 is 11.6 Å². The Kier molecular flexibility index (Phi) is 6.35. The Balaban J connectivity index is 1.58. The van der Waals surface area contributed by atoms with E-state index in [0.717, 1.165) is 19.5 Å². The summed E-state index contributed by atoms with van der Waals surface area (Å²) in [5.41, 5.74) is 1.97. The molecule has 0 aromatic heterocycles. The van der Waals surface area contributed by atoms with Crippen molar-refractivity contribution >= 4 is 21.6 Å². The van der Waals surface area contributed by atoms with Gasteiger partial charge in [-0.1, -0.05) is 60.1 Å². The molecule has 1 unspecified atom stereocenters. The number of nitrogens with zero attached hydrogens (tertiary/aromatic N) is 2. The van der Waals surface area contributed by atoms with Crippen molar-refractivity contribution in [3.63, 3.8) is 0 Å². The molecule has 0 amide bonds. The molecule has 3 rings (SSSR count). The fourth-order valence-corrected chi connectivity index (χ4v) is 5.28. The van der Waals surface area contributed by atoms with Crippen LogP contribution in [0.3, 0.4) is 0 Å². The van der Waals surface area contributed by atoms with Crippen LogP contribution in [0.1, 0.15) is 18.1 Å².